The van der Waals surface area contributed by atoms with Gasteiger partial charge in [0.2, 0.25) is 17.6 Å². The van der Waals surface area contributed by atoms with Crippen molar-refractivity contribution in [3.05, 3.63) is 53.3 Å². The summed E-state index contributed by atoms with van der Waals surface area (Å²) in [6.07, 6.45) is 2.93. The lowest BCUT2D eigenvalue weighted by Crippen LogP contribution is -2.50. The molecule has 0 saturated carbocycles. The molecule has 5 rings (SSSR count). The highest BCUT2D eigenvalue weighted by Crippen LogP contribution is 2.38. The van der Waals surface area contributed by atoms with E-state index in [1.54, 1.807) is 10.6 Å². The number of hydrogen-bond donors (Lipinski definition) is 4. The van der Waals surface area contributed by atoms with Crippen molar-refractivity contribution < 1.29 is 110 Å². The van der Waals surface area contributed by atoms with Crippen molar-refractivity contribution in [3.8, 4) is 28.6 Å². The lowest BCUT2D eigenvalue weighted by atomic mass is 9.90. The highest BCUT2D eigenvalue weighted by atomic mass is 16.6. The Kier molecular flexibility index (Phi) is 47.4. The van der Waals surface area contributed by atoms with Crippen LogP contribution in [-0.4, -0.2) is 365 Å². The van der Waals surface area contributed by atoms with Gasteiger partial charge >= 0.3 is 17.9 Å². The van der Waals surface area contributed by atoms with Gasteiger partial charge in [-0.15, -0.1) is 10.2 Å². The van der Waals surface area contributed by atoms with Gasteiger partial charge in [0.15, 0.2) is 5.82 Å². The summed E-state index contributed by atoms with van der Waals surface area (Å²) < 4.78 is 85.9. The number of benzene rings is 2. The van der Waals surface area contributed by atoms with Crippen molar-refractivity contribution in [1.29, 1.82) is 0 Å². The number of nitrogens with one attached hydrogen (secondary N) is 2. The zero-order valence-electron chi connectivity index (χ0n) is 70.3. The molecule has 3 amide bonds. The molecule has 2 aromatic carbocycles. The molecule has 0 atom stereocenters. The first-order valence-electron chi connectivity index (χ1n) is 40.5. The Bertz CT molecular complexity index is 3150. The molecule has 2 saturated heterocycles. The molecule has 33 heteroatoms. The van der Waals surface area contributed by atoms with Crippen LogP contribution in [0.4, 0.5) is 0 Å². The normalized spacial score (nSPS) is 15.1. The SMILES string of the molecule is CCNC(=O)c1nnc(-c2cc(C(C)C)c(O)cc2O)n1-c1ccc(CC2CCN(C(=O)CCOCCOCCOCCOCCOCCOCCOCCOCCOCCOCCOCCOCCNC(=O)CN3CCN(CC(=O)OC(C)(C)C)CCN(CC(=O)OC(C)(C)C)CCN(CC(=O)OC(C)(C)C)CC3)CC2)cc1. The van der Waals surface area contributed by atoms with Crippen LogP contribution in [0.3, 0.4) is 0 Å². The van der Waals surface area contributed by atoms with E-state index in [2.05, 4.69) is 20.8 Å². The number of likely N-dealkylation sites (tertiary alicyclic amines) is 1. The second kappa shape index (κ2) is 55.1. The molecule has 33 nitrogen and oxygen atoms in total. The Labute approximate surface area is 675 Å². The van der Waals surface area contributed by atoms with Crippen LogP contribution in [0.5, 0.6) is 11.5 Å². The molecule has 0 spiro atoms. The van der Waals surface area contributed by atoms with E-state index in [-0.39, 0.29) is 85.0 Å². The number of nitrogens with zero attached hydrogens (tertiary/aromatic N) is 8. The Morgan fingerprint density at radius 2 is 0.798 bits per heavy atom. The number of rotatable bonds is 54. The Morgan fingerprint density at radius 3 is 1.15 bits per heavy atom. The number of esters is 3. The Hall–Kier alpha value is -6.64. The van der Waals surface area contributed by atoms with Gasteiger partial charge in [0.05, 0.1) is 197 Å². The van der Waals surface area contributed by atoms with Crippen molar-refractivity contribution in [2.45, 2.75) is 131 Å². The Balaban J connectivity index is 0.757. The molecule has 3 heterocycles. The molecule has 3 aromatic rings. The van der Waals surface area contributed by atoms with Crippen molar-refractivity contribution in [1.82, 2.24) is 49.9 Å². The first-order valence-corrected chi connectivity index (χ1v) is 40.5. The largest absolute Gasteiger partial charge is 0.508 e. The first-order chi connectivity index (χ1) is 54.6. The van der Waals surface area contributed by atoms with Crippen LogP contribution < -0.4 is 10.6 Å². The van der Waals surface area contributed by atoms with Crippen LogP contribution >= 0.6 is 0 Å². The lowest BCUT2D eigenvalue weighted by Gasteiger charge is -2.34. The third kappa shape index (κ3) is 43.5. The zero-order chi connectivity index (χ0) is 83.0. The van der Waals surface area contributed by atoms with Crippen LogP contribution in [0.15, 0.2) is 36.4 Å². The summed E-state index contributed by atoms with van der Waals surface area (Å²) in [7, 11) is 0. The maximum absolute atomic E-state index is 13.3. The van der Waals surface area contributed by atoms with Gasteiger partial charge < -0.3 is 96.8 Å². The molecule has 0 unspecified atom stereocenters. The summed E-state index contributed by atoms with van der Waals surface area (Å²) in [6.45, 7) is 37.8. The van der Waals surface area contributed by atoms with Crippen LogP contribution in [0.25, 0.3) is 17.1 Å². The summed E-state index contributed by atoms with van der Waals surface area (Å²) in [6, 6.07) is 10.9. The van der Waals surface area contributed by atoms with E-state index < -0.39 is 22.7 Å². The standard InChI is InChI=1S/C81H136N10O23/c1-13-82-78(99)77-85-84-76(68-57-67(63(2)3)69(92)58-70(68)93)91(77)66-16-14-64(15-17-66)56-65-18-22-90(23-19-65)72(95)20-32-100-34-36-102-38-40-104-42-44-106-46-48-108-50-52-110-54-55-111-53-51-109-49-47-107-45-43-105-41-39-103-37-35-101-33-21-83-71(94)59-86-24-26-87(60-73(96)112-79(4,5)6)28-30-89(62-75(98)114-81(10,11)12)31-29-88(27-25-86)61-74(97)113-80(7,8)9/h14-17,57-58,63,65,92-93H,13,18-56,59-62H2,1-12H3,(H,82,99)(H,83,94). The van der Waals surface area contributed by atoms with Crippen LogP contribution in [0, 0.1) is 5.92 Å². The number of hydrogen-bond acceptors (Lipinski definition) is 29. The number of aromatic hydroxyl groups is 2. The van der Waals surface area contributed by atoms with E-state index in [9.17, 15) is 39.0 Å². The molecule has 2 fully saturated rings. The second-order valence-electron chi connectivity index (χ2n) is 31.1. The van der Waals surface area contributed by atoms with E-state index in [4.69, 9.17) is 71.1 Å². The molecule has 0 aliphatic carbocycles. The summed E-state index contributed by atoms with van der Waals surface area (Å²) in [4.78, 5) is 88.4. The quantitative estimate of drug-likeness (QED) is 0.0330. The van der Waals surface area contributed by atoms with Gasteiger partial charge in [0, 0.05) is 90.3 Å². The molecular formula is C81H136N10O23. The minimum Gasteiger partial charge on any atom is -0.508 e. The Morgan fingerprint density at radius 1 is 0.447 bits per heavy atom. The third-order valence-electron chi connectivity index (χ3n) is 17.6. The maximum Gasteiger partial charge on any atom is 0.320 e. The number of piperidine rings is 1. The van der Waals surface area contributed by atoms with Crippen molar-refractivity contribution >= 4 is 35.6 Å². The molecule has 648 valence electrons. The fourth-order valence-electron chi connectivity index (χ4n) is 12.1. The monoisotopic (exact) mass is 1620 g/mol. The van der Waals surface area contributed by atoms with Gasteiger partial charge in [-0.2, -0.15) is 0 Å². The molecule has 1 aromatic heterocycles. The van der Waals surface area contributed by atoms with Crippen LogP contribution in [0.1, 0.15) is 130 Å². The van der Waals surface area contributed by atoms with Crippen LogP contribution in [0.2, 0.25) is 0 Å². The summed E-state index contributed by atoms with van der Waals surface area (Å²) in [5.41, 5.74) is 0.778. The summed E-state index contributed by atoms with van der Waals surface area (Å²) >= 11 is 0. The number of carbonyl (C=O) groups excluding carboxylic acids is 6. The number of carbonyl (C=O) groups is 6. The van der Waals surface area contributed by atoms with E-state index in [0.29, 0.717) is 266 Å². The molecule has 4 N–H and O–H groups in total. The van der Waals surface area contributed by atoms with E-state index >= 15 is 0 Å². The van der Waals surface area contributed by atoms with Gasteiger partial charge in [-0.05, 0) is 130 Å². The zero-order valence-corrected chi connectivity index (χ0v) is 70.3. The fraction of sp³-hybridized carbons (Fsp3) is 0.753. The van der Waals surface area contributed by atoms with Crippen molar-refractivity contribution in [3.63, 3.8) is 0 Å². The van der Waals surface area contributed by atoms with E-state index in [1.807, 2.05) is 132 Å². The molecule has 114 heavy (non-hydrogen) atoms. The average molecular weight is 1620 g/mol. The minimum atomic E-state index is -0.664. The highest BCUT2D eigenvalue weighted by Gasteiger charge is 2.30. The number of phenolic OH excluding ortho intramolecular Hbond substituents is 2. The molecule has 2 aliphatic rings. The number of aromatic nitrogens is 3. The molecule has 0 bridgehead atoms. The van der Waals surface area contributed by atoms with Gasteiger partial charge in [-0.1, -0.05) is 26.0 Å². The number of ether oxygens (including phenoxy) is 15. The molecular weight excluding hydrogens is 1480 g/mol. The van der Waals surface area contributed by atoms with Gasteiger partial charge in [-0.3, -0.25) is 52.9 Å². The van der Waals surface area contributed by atoms with Gasteiger partial charge in [0.1, 0.15) is 28.3 Å². The van der Waals surface area contributed by atoms with E-state index in [1.165, 1.54) is 6.07 Å². The first kappa shape index (κ1) is 97.9. The highest BCUT2D eigenvalue weighted by molar-refractivity contribution is 5.92. The minimum absolute atomic E-state index is 0.0202. The fourth-order valence-corrected chi connectivity index (χ4v) is 12.1. The van der Waals surface area contributed by atoms with Gasteiger partial charge in [0.25, 0.3) is 5.91 Å². The molecule has 0 radical (unpaired) electrons. The van der Waals surface area contributed by atoms with E-state index in [0.717, 1.165) is 24.8 Å². The summed E-state index contributed by atoms with van der Waals surface area (Å²) in [5.74, 6) is -1.06. The van der Waals surface area contributed by atoms with Gasteiger partial charge in [-0.25, -0.2) is 0 Å². The second-order valence-corrected chi connectivity index (χ2v) is 31.1. The summed E-state index contributed by atoms with van der Waals surface area (Å²) in [5, 5.41) is 35.6. The smallest absolute Gasteiger partial charge is 0.320 e. The maximum atomic E-state index is 13.3. The predicted molar refractivity (Wildman–Crippen MR) is 426 cm³/mol. The number of amides is 3. The molecule has 2 aliphatic heterocycles. The van der Waals surface area contributed by atoms with Crippen LogP contribution in [-0.2, 0) is 101 Å². The number of phenols is 2. The predicted octanol–water partition coefficient (Wildman–Crippen LogP) is 4.95. The van der Waals surface area contributed by atoms with Crippen molar-refractivity contribution in [2.75, 3.05) is 263 Å². The topological polar surface area (TPSA) is 352 Å². The average Bonchev–Trinajstić information content (AvgIpc) is 1.60. The van der Waals surface area contributed by atoms with Crippen molar-refractivity contribution in [2.24, 2.45) is 5.92 Å². The lowest BCUT2D eigenvalue weighted by molar-refractivity contribution is -0.158. The third-order valence-corrected chi connectivity index (χ3v) is 17.6.